The lowest BCUT2D eigenvalue weighted by Crippen LogP contribution is -2.49. The predicted octanol–water partition coefficient (Wildman–Crippen LogP) is 2.96. The van der Waals surface area contributed by atoms with Crippen molar-refractivity contribution in [2.75, 3.05) is 38.0 Å². The second-order valence-electron chi connectivity index (χ2n) is 7.06. The first-order valence-electron chi connectivity index (χ1n) is 9.71. The van der Waals surface area contributed by atoms with Crippen molar-refractivity contribution in [3.05, 3.63) is 69.2 Å². The fourth-order valence-corrected chi connectivity index (χ4v) is 3.55. The first kappa shape index (κ1) is 21.7. The lowest BCUT2D eigenvalue weighted by atomic mass is 10.1. The summed E-state index contributed by atoms with van der Waals surface area (Å²) in [6, 6.07) is 13.4. The van der Waals surface area contributed by atoms with E-state index in [0.29, 0.717) is 37.7 Å². The van der Waals surface area contributed by atoms with Gasteiger partial charge in [-0.15, -0.1) is 0 Å². The number of hydrogen-bond acceptors (Lipinski definition) is 5. The van der Waals surface area contributed by atoms with E-state index in [9.17, 15) is 19.7 Å². The summed E-state index contributed by atoms with van der Waals surface area (Å²) in [5.74, 6) is -0.238. The Morgan fingerprint density at radius 2 is 1.70 bits per heavy atom. The summed E-state index contributed by atoms with van der Waals surface area (Å²) in [5, 5.41) is 14.2. The van der Waals surface area contributed by atoms with Crippen molar-refractivity contribution in [2.24, 2.45) is 0 Å². The van der Waals surface area contributed by atoms with Crippen LogP contribution >= 0.6 is 11.6 Å². The lowest BCUT2D eigenvalue weighted by Gasteiger charge is -2.34. The number of hydrogen-bond donors (Lipinski definition) is 1. The SMILES string of the molecule is O=C(CCN1CCN(C(=O)Cc2ccccc2Cl)CC1)Nc1ccccc1[N+](=O)[O-]. The summed E-state index contributed by atoms with van der Waals surface area (Å²) in [6.45, 7) is 3.06. The fourth-order valence-electron chi connectivity index (χ4n) is 3.35. The quantitative estimate of drug-likeness (QED) is 0.538. The molecule has 8 nitrogen and oxygen atoms in total. The molecule has 1 fully saturated rings. The van der Waals surface area contributed by atoms with E-state index in [1.807, 2.05) is 23.1 Å². The van der Waals surface area contributed by atoms with E-state index in [1.54, 1.807) is 18.2 Å². The van der Waals surface area contributed by atoms with Crippen LogP contribution in [0.4, 0.5) is 11.4 Å². The third kappa shape index (κ3) is 5.77. The molecule has 1 heterocycles. The molecule has 2 aromatic carbocycles. The van der Waals surface area contributed by atoms with Crippen molar-refractivity contribution in [3.8, 4) is 0 Å². The Labute approximate surface area is 179 Å². The molecule has 2 amide bonds. The van der Waals surface area contributed by atoms with Crippen LogP contribution in [0.15, 0.2) is 48.5 Å². The molecule has 1 saturated heterocycles. The van der Waals surface area contributed by atoms with Gasteiger partial charge in [0.2, 0.25) is 11.8 Å². The highest BCUT2D eigenvalue weighted by Gasteiger charge is 2.22. The van der Waals surface area contributed by atoms with Gasteiger partial charge in [0.15, 0.2) is 0 Å². The molecule has 0 unspecified atom stereocenters. The van der Waals surface area contributed by atoms with Crippen molar-refractivity contribution >= 4 is 34.8 Å². The topological polar surface area (TPSA) is 95.8 Å². The summed E-state index contributed by atoms with van der Waals surface area (Å²) < 4.78 is 0. The van der Waals surface area contributed by atoms with E-state index in [2.05, 4.69) is 10.2 Å². The molecule has 0 atom stereocenters. The number of nitrogens with zero attached hydrogens (tertiary/aromatic N) is 3. The van der Waals surface area contributed by atoms with Gasteiger partial charge in [0, 0.05) is 50.2 Å². The van der Waals surface area contributed by atoms with E-state index >= 15 is 0 Å². The van der Waals surface area contributed by atoms with Crippen molar-refractivity contribution in [1.82, 2.24) is 9.80 Å². The number of benzene rings is 2. The summed E-state index contributed by atoms with van der Waals surface area (Å²) in [5.41, 5.74) is 0.886. The lowest BCUT2D eigenvalue weighted by molar-refractivity contribution is -0.383. The number of amides is 2. The monoisotopic (exact) mass is 430 g/mol. The van der Waals surface area contributed by atoms with Crippen LogP contribution in [0.25, 0.3) is 0 Å². The average Bonchev–Trinajstić information content (AvgIpc) is 2.74. The van der Waals surface area contributed by atoms with Gasteiger partial charge < -0.3 is 10.2 Å². The molecule has 1 N–H and O–H groups in total. The Morgan fingerprint density at radius 3 is 2.40 bits per heavy atom. The second kappa shape index (κ2) is 10.2. The van der Waals surface area contributed by atoms with Crippen molar-refractivity contribution in [2.45, 2.75) is 12.8 Å². The van der Waals surface area contributed by atoms with Gasteiger partial charge in [0.05, 0.1) is 11.3 Å². The van der Waals surface area contributed by atoms with Crippen LogP contribution in [0.5, 0.6) is 0 Å². The number of nitro benzene ring substituents is 1. The number of para-hydroxylation sites is 2. The highest BCUT2D eigenvalue weighted by molar-refractivity contribution is 6.31. The van der Waals surface area contributed by atoms with Gasteiger partial charge in [-0.2, -0.15) is 0 Å². The van der Waals surface area contributed by atoms with E-state index < -0.39 is 4.92 Å². The minimum atomic E-state index is -0.519. The number of carbonyl (C=O) groups excluding carboxylic acids is 2. The molecule has 1 aliphatic rings. The largest absolute Gasteiger partial charge is 0.340 e. The Bertz CT molecular complexity index is 929. The zero-order chi connectivity index (χ0) is 21.5. The van der Waals surface area contributed by atoms with Crippen molar-refractivity contribution in [1.29, 1.82) is 0 Å². The number of rotatable bonds is 7. The summed E-state index contributed by atoms with van der Waals surface area (Å²) in [7, 11) is 0. The normalized spacial score (nSPS) is 14.4. The van der Waals surface area contributed by atoms with Crippen LogP contribution in [-0.4, -0.2) is 59.3 Å². The van der Waals surface area contributed by atoms with E-state index in [4.69, 9.17) is 11.6 Å². The molecule has 0 aromatic heterocycles. The molecule has 2 aromatic rings. The molecule has 30 heavy (non-hydrogen) atoms. The summed E-state index contributed by atoms with van der Waals surface area (Å²) in [6.07, 6.45) is 0.498. The van der Waals surface area contributed by atoms with Crippen molar-refractivity contribution in [3.63, 3.8) is 0 Å². The van der Waals surface area contributed by atoms with Gasteiger partial charge in [0.1, 0.15) is 5.69 Å². The summed E-state index contributed by atoms with van der Waals surface area (Å²) >= 11 is 6.13. The maximum absolute atomic E-state index is 12.5. The molecule has 9 heteroatoms. The zero-order valence-electron chi connectivity index (χ0n) is 16.4. The Kier molecular flexibility index (Phi) is 7.37. The van der Waals surface area contributed by atoms with Gasteiger partial charge in [0.25, 0.3) is 5.69 Å². The number of nitro groups is 1. The Balaban J connectivity index is 1.43. The molecule has 3 rings (SSSR count). The highest BCUT2D eigenvalue weighted by Crippen LogP contribution is 2.23. The molecule has 0 bridgehead atoms. The first-order valence-corrected chi connectivity index (χ1v) is 10.1. The number of halogens is 1. The van der Waals surface area contributed by atoms with Crippen LogP contribution in [-0.2, 0) is 16.0 Å². The van der Waals surface area contributed by atoms with Gasteiger partial charge >= 0.3 is 0 Å². The van der Waals surface area contributed by atoms with E-state index in [0.717, 1.165) is 5.56 Å². The zero-order valence-corrected chi connectivity index (χ0v) is 17.2. The molecule has 0 radical (unpaired) electrons. The van der Waals surface area contributed by atoms with Crippen LogP contribution in [0, 0.1) is 10.1 Å². The van der Waals surface area contributed by atoms with Gasteiger partial charge in [-0.3, -0.25) is 24.6 Å². The molecular formula is C21H23ClN4O4. The minimum absolute atomic E-state index is 0.0388. The Hall–Kier alpha value is -2.97. The Morgan fingerprint density at radius 1 is 1.03 bits per heavy atom. The maximum atomic E-state index is 12.5. The number of carbonyl (C=O) groups is 2. The van der Waals surface area contributed by atoms with Crippen LogP contribution < -0.4 is 5.32 Å². The second-order valence-corrected chi connectivity index (χ2v) is 7.47. The van der Waals surface area contributed by atoms with Crippen LogP contribution in [0.3, 0.4) is 0 Å². The van der Waals surface area contributed by atoms with Crippen molar-refractivity contribution < 1.29 is 14.5 Å². The van der Waals surface area contributed by atoms with Gasteiger partial charge in [-0.25, -0.2) is 0 Å². The van der Waals surface area contributed by atoms with Gasteiger partial charge in [-0.05, 0) is 17.7 Å². The molecule has 0 aliphatic carbocycles. The summed E-state index contributed by atoms with van der Waals surface area (Å²) in [4.78, 5) is 39.1. The number of anilines is 1. The van der Waals surface area contributed by atoms with E-state index in [1.165, 1.54) is 12.1 Å². The molecular weight excluding hydrogens is 408 g/mol. The smallest absolute Gasteiger partial charge is 0.292 e. The fraction of sp³-hybridized carbons (Fsp3) is 0.333. The molecule has 0 spiro atoms. The van der Waals surface area contributed by atoms with Crippen LogP contribution in [0.2, 0.25) is 5.02 Å². The maximum Gasteiger partial charge on any atom is 0.292 e. The highest BCUT2D eigenvalue weighted by atomic mass is 35.5. The molecule has 1 aliphatic heterocycles. The standard InChI is InChI=1S/C21H23ClN4O4/c22-17-6-2-1-5-16(17)15-21(28)25-13-11-24(12-14-25)10-9-20(27)23-18-7-3-4-8-19(18)26(29)30/h1-8H,9-15H2,(H,23,27). The van der Waals surface area contributed by atoms with Crippen LogP contribution in [0.1, 0.15) is 12.0 Å². The molecule has 0 saturated carbocycles. The third-order valence-electron chi connectivity index (χ3n) is 5.05. The van der Waals surface area contributed by atoms with E-state index in [-0.39, 0.29) is 36.0 Å². The third-order valence-corrected chi connectivity index (χ3v) is 5.42. The average molecular weight is 431 g/mol. The first-order chi connectivity index (χ1) is 14.4. The minimum Gasteiger partial charge on any atom is -0.340 e. The number of piperazine rings is 1. The van der Waals surface area contributed by atoms with Gasteiger partial charge in [-0.1, -0.05) is 41.9 Å². The molecule has 158 valence electrons. The predicted molar refractivity (Wildman–Crippen MR) is 115 cm³/mol. The number of nitrogens with one attached hydrogen (secondary N) is 1.